The number of amides is 2. The second-order valence-corrected chi connectivity index (χ2v) is 9.43. The van der Waals surface area contributed by atoms with Crippen molar-refractivity contribution in [2.24, 2.45) is 5.92 Å². The third kappa shape index (κ3) is 5.97. The highest BCUT2D eigenvalue weighted by molar-refractivity contribution is 5.91. The van der Waals surface area contributed by atoms with Crippen molar-refractivity contribution in [3.63, 3.8) is 0 Å². The van der Waals surface area contributed by atoms with E-state index in [1.807, 2.05) is 12.3 Å². The van der Waals surface area contributed by atoms with Crippen molar-refractivity contribution in [1.29, 1.82) is 0 Å². The molecule has 7 heteroatoms. The van der Waals surface area contributed by atoms with Crippen LogP contribution in [-0.2, 0) is 27.2 Å². The fraction of sp³-hybridized carbons (Fsp3) is 0.370. The molecule has 1 N–H and O–H groups in total. The van der Waals surface area contributed by atoms with Crippen molar-refractivity contribution in [2.75, 3.05) is 26.3 Å². The summed E-state index contributed by atoms with van der Waals surface area (Å²) >= 11 is 0. The Morgan fingerprint density at radius 1 is 1.12 bits per heavy atom. The molecular formula is C27H30FN3O3. The number of nitrogens with zero attached hydrogens (tertiary/aromatic N) is 2. The summed E-state index contributed by atoms with van der Waals surface area (Å²) in [5.41, 5.74) is 0.812. The van der Waals surface area contributed by atoms with Crippen LogP contribution in [0.4, 0.5) is 4.39 Å². The van der Waals surface area contributed by atoms with Crippen LogP contribution >= 0.6 is 0 Å². The Hall–Kier alpha value is -3.32. The monoisotopic (exact) mass is 463 g/mol. The lowest BCUT2D eigenvalue weighted by Crippen LogP contribution is -2.57. The van der Waals surface area contributed by atoms with E-state index < -0.39 is 5.54 Å². The summed E-state index contributed by atoms with van der Waals surface area (Å²) in [6.45, 7) is 5.52. The summed E-state index contributed by atoms with van der Waals surface area (Å²) in [7, 11) is 0. The van der Waals surface area contributed by atoms with E-state index in [0.717, 1.165) is 17.2 Å². The molecule has 2 heterocycles. The molecule has 0 saturated carbocycles. The Balaban J connectivity index is 1.39. The van der Waals surface area contributed by atoms with E-state index in [-0.39, 0.29) is 30.0 Å². The molecule has 1 aliphatic rings. The van der Waals surface area contributed by atoms with Gasteiger partial charge in [-0.15, -0.1) is 0 Å². The number of aromatic nitrogens is 1. The maximum atomic E-state index is 13.4. The highest BCUT2D eigenvalue weighted by Gasteiger charge is 2.35. The summed E-state index contributed by atoms with van der Waals surface area (Å²) in [6.07, 6.45) is 4.51. The van der Waals surface area contributed by atoms with Crippen LogP contribution in [-0.4, -0.2) is 53.5 Å². The van der Waals surface area contributed by atoms with Gasteiger partial charge in [-0.05, 0) is 55.0 Å². The number of carbonyl (C=O) groups excluding carboxylic acids is 2. The first-order chi connectivity index (χ1) is 16.3. The number of nitrogens with one attached hydrogen (secondary N) is 1. The number of pyridine rings is 1. The van der Waals surface area contributed by atoms with E-state index in [4.69, 9.17) is 4.74 Å². The van der Waals surface area contributed by atoms with Gasteiger partial charge in [0, 0.05) is 36.8 Å². The number of hydrogen-bond acceptors (Lipinski definition) is 4. The van der Waals surface area contributed by atoms with Crippen LogP contribution in [0.15, 0.2) is 60.9 Å². The van der Waals surface area contributed by atoms with E-state index in [9.17, 15) is 14.0 Å². The molecule has 0 aliphatic carbocycles. The highest BCUT2D eigenvalue weighted by atomic mass is 19.1. The second-order valence-electron chi connectivity index (χ2n) is 9.43. The molecule has 0 unspecified atom stereocenters. The van der Waals surface area contributed by atoms with E-state index in [1.54, 1.807) is 37.1 Å². The van der Waals surface area contributed by atoms with Gasteiger partial charge in [-0.3, -0.25) is 14.6 Å². The zero-order valence-electron chi connectivity index (χ0n) is 19.6. The van der Waals surface area contributed by atoms with Gasteiger partial charge in [-0.1, -0.05) is 30.3 Å². The van der Waals surface area contributed by atoms with Crippen LogP contribution in [0.5, 0.6) is 0 Å². The predicted molar refractivity (Wildman–Crippen MR) is 129 cm³/mol. The van der Waals surface area contributed by atoms with Gasteiger partial charge in [-0.2, -0.15) is 0 Å². The van der Waals surface area contributed by atoms with Gasteiger partial charge in [0.25, 0.3) is 0 Å². The first-order valence-corrected chi connectivity index (χ1v) is 11.6. The van der Waals surface area contributed by atoms with Crippen molar-refractivity contribution in [1.82, 2.24) is 15.2 Å². The van der Waals surface area contributed by atoms with Crippen LogP contribution < -0.4 is 5.32 Å². The van der Waals surface area contributed by atoms with Crippen LogP contribution in [0.2, 0.25) is 0 Å². The van der Waals surface area contributed by atoms with Crippen molar-refractivity contribution < 1.29 is 18.7 Å². The minimum absolute atomic E-state index is 0.0835. The number of hydrogen-bond donors (Lipinski definition) is 1. The van der Waals surface area contributed by atoms with E-state index in [0.29, 0.717) is 31.9 Å². The smallest absolute Gasteiger partial charge is 0.247 e. The van der Waals surface area contributed by atoms with Gasteiger partial charge in [0.1, 0.15) is 11.4 Å². The summed E-state index contributed by atoms with van der Waals surface area (Å²) in [6, 6.07) is 14.1. The minimum Gasteiger partial charge on any atom is -0.379 e. The van der Waals surface area contributed by atoms with Gasteiger partial charge in [0.05, 0.1) is 19.6 Å². The molecule has 1 fully saturated rings. The van der Waals surface area contributed by atoms with Crippen molar-refractivity contribution >= 4 is 22.6 Å². The Morgan fingerprint density at radius 2 is 1.88 bits per heavy atom. The van der Waals surface area contributed by atoms with Crippen LogP contribution in [0.3, 0.4) is 0 Å². The standard InChI is InChI=1S/C27H30FN3O3/c1-27(2,30-25(32)15-19-4-7-24(28)8-5-19)26(33)31-11-12-34-18-21(17-31)13-20-3-6-23-16-29-10-9-22(23)14-20/h3-10,14,16,21H,11-13,15,17-18H2,1-2H3,(H,30,32)/t21-/m1/s1. The third-order valence-electron chi connectivity index (χ3n) is 6.12. The number of fused-ring (bicyclic) bond motifs is 1. The summed E-state index contributed by atoms with van der Waals surface area (Å²) in [5.74, 6) is -0.618. The first-order valence-electron chi connectivity index (χ1n) is 11.6. The summed E-state index contributed by atoms with van der Waals surface area (Å²) in [4.78, 5) is 31.9. The SMILES string of the molecule is CC(C)(NC(=O)Cc1ccc(F)cc1)C(=O)N1CCOC[C@H](Cc2ccc3cnccc3c2)C1. The molecule has 2 aromatic carbocycles. The first kappa shape index (κ1) is 23.8. The van der Waals surface area contributed by atoms with E-state index in [2.05, 4.69) is 28.5 Å². The van der Waals surface area contributed by atoms with Gasteiger partial charge < -0.3 is 15.0 Å². The molecule has 1 atom stereocenters. The summed E-state index contributed by atoms with van der Waals surface area (Å²) < 4.78 is 18.9. The lowest BCUT2D eigenvalue weighted by Gasteiger charge is -2.33. The number of halogens is 1. The highest BCUT2D eigenvalue weighted by Crippen LogP contribution is 2.20. The molecule has 178 valence electrons. The van der Waals surface area contributed by atoms with Gasteiger partial charge in [0.15, 0.2) is 0 Å². The molecule has 4 rings (SSSR count). The zero-order valence-corrected chi connectivity index (χ0v) is 19.6. The van der Waals surface area contributed by atoms with Crippen LogP contribution in [0, 0.1) is 11.7 Å². The lowest BCUT2D eigenvalue weighted by molar-refractivity contribution is -0.140. The van der Waals surface area contributed by atoms with Gasteiger partial charge in [0.2, 0.25) is 11.8 Å². The molecule has 1 aromatic heterocycles. The summed E-state index contributed by atoms with van der Waals surface area (Å²) in [5, 5.41) is 5.09. The predicted octanol–water partition coefficient (Wildman–Crippen LogP) is 3.53. The molecule has 1 aliphatic heterocycles. The minimum atomic E-state index is -1.07. The third-order valence-corrected chi connectivity index (χ3v) is 6.12. The average Bonchev–Trinajstić information content (AvgIpc) is 3.05. The average molecular weight is 464 g/mol. The van der Waals surface area contributed by atoms with Gasteiger partial charge >= 0.3 is 0 Å². The number of carbonyl (C=O) groups is 2. The van der Waals surface area contributed by atoms with Crippen LogP contribution in [0.25, 0.3) is 10.8 Å². The number of rotatable bonds is 6. The molecule has 0 radical (unpaired) electrons. The maximum absolute atomic E-state index is 13.4. The van der Waals surface area contributed by atoms with Crippen LogP contribution in [0.1, 0.15) is 25.0 Å². The Bertz CT molecular complexity index is 1160. The fourth-order valence-corrected chi connectivity index (χ4v) is 4.41. The molecule has 3 aromatic rings. The Labute approximate surface area is 199 Å². The molecule has 1 saturated heterocycles. The zero-order chi connectivity index (χ0) is 24.1. The largest absolute Gasteiger partial charge is 0.379 e. The molecule has 6 nitrogen and oxygen atoms in total. The van der Waals surface area contributed by atoms with Crippen molar-refractivity contribution in [2.45, 2.75) is 32.2 Å². The quantitative estimate of drug-likeness (QED) is 0.607. The molecule has 2 amide bonds. The second kappa shape index (κ2) is 10.3. The van der Waals surface area contributed by atoms with E-state index in [1.165, 1.54) is 17.7 Å². The maximum Gasteiger partial charge on any atom is 0.247 e. The topological polar surface area (TPSA) is 71.5 Å². The molecular weight excluding hydrogens is 433 g/mol. The van der Waals surface area contributed by atoms with E-state index >= 15 is 0 Å². The number of ether oxygens (including phenoxy) is 1. The Morgan fingerprint density at radius 3 is 2.68 bits per heavy atom. The molecule has 0 bridgehead atoms. The molecule has 0 spiro atoms. The lowest BCUT2D eigenvalue weighted by atomic mass is 9.96. The fourth-order valence-electron chi connectivity index (χ4n) is 4.41. The molecule has 34 heavy (non-hydrogen) atoms. The number of benzene rings is 2. The van der Waals surface area contributed by atoms with Gasteiger partial charge in [-0.25, -0.2) is 4.39 Å². The Kier molecular flexibility index (Phi) is 7.22. The normalized spacial score (nSPS) is 16.8. The van der Waals surface area contributed by atoms with Crippen molar-refractivity contribution in [3.05, 3.63) is 77.9 Å². The van der Waals surface area contributed by atoms with Crippen molar-refractivity contribution in [3.8, 4) is 0 Å².